The molecule has 2 saturated heterocycles. The number of hydrogen-bond acceptors (Lipinski definition) is 6. The van der Waals surface area contributed by atoms with Crippen LogP contribution in [-0.2, 0) is 9.53 Å². The van der Waals surface area contributed by atoms with E-state index < -0.39 is 0 Å². The molecule has 1 amide bonds. The van der Waals surface area contributed by atoms with E-state index in [-0.39, 0.29) is 11.8 Å². The largest absolute Gasteiger partial charge is 0.497 e. The van der Waals surface area contributed by atoms with Crippen LogP contribution in [-0.4, -0.2) is 62.3 Å². The maximum atomic E-state index is 12.8. The van der Waals surface area contributed by atoms with Crippen LogP contribution in [0.1, 0.15) is 12.8 Å². The number of morpholine rings is 1. The molecule has 1 atom stereocenters. The van der Waals surface area contributed by atoms with Gasteiger partial charge in [-0.05, 0) is 31.0 Å². The minimum Gasteiger partial charge on any atom is -0.497 e. The Kier molecular flexibility index (Phi) is 4.76. The second kappa shape index (κ2) is 7.17. The number of methoxy groups -OCH3 is 1. The number of aromatic nitrogens is 1. The fourth-order valence-electron chi connectivity index (χ4n) is 3.55. The molecule has 6 nitrogen and oxygen atoms in total. The van der Waals surface area contributed by atoms with Gasteiger partial charge in [-0.1, -0.05) is 11.3 Å². The van der Waals surface area contributed by atoms with E-state index in [2.05, 4.69) is 4.90 Å². The third-order valence-electron chi connectivity index (χ3n) is 4.95. The van der Waals surface area contributed by atoms with Crippen LogP contribution in [0.15, 0.2) is 18.2 Å². The van der Waals surface area contributed by atoms with Crippen molar-refractivity contribution in [3.8, 4) is 5.75 Å². The third kappa shape index (κ3) is 3.43. The molecule has 0 bridgehead atoms. The summed E-state index contributed by atoms with van der Waals surface area (Å²) in [6.45, 7) is 4.47. The minimum absolute atomic E-state index is 0.0633. The molecule has 0 saturated carbocycles. The minimum atomic E-state index is 0.0633. The third-order valence-corrected chi connectivity index (χ3v) is 6.03. The summed E-state index contributed by atoms with van der Waals surface area (Å²) in [6.07, 6.45) is 1.99. The number of rotatable bonds is 3. The molecular weight excluding hydrogens is 338 g/mol. The number of carbonyl (C=O) groups excluding carboxylic acids is 1. The van der Waals surface area contributed by atoms with Gasteiger partial charge < -0.3 is 19.3 Å². The standard InChI is InChI=1S/C18H23N3O3S/c1-23-14-4-5-15-16(11-14)25-18(19-15)21-6-2-3-13(12-21)17(22)20-7-9-24-10-8-20/h4-5,11,13H,2-3,6-10,12H2,1H3/t13-/m1/s1. The van der Waals surface area contributed by atoms with Crippen LogP contribution in [0.2, 0.25) is 0 Å². The van der Waals surface area contributed by atoms with Gasteiger partial charge in [0.05, 0.1) is 36.5 Å². The van der Waals surface area contributed by atoms with Crippen LogP contribution in [0.4, 0.5) is 5.13 Å². The van der Waals surface area contributed by atoms with E-state index >= 15 is 0 Å². The zero-order chi connectivity index (χ0) is 17.2. The molecule has 2 aliphatic rings. The number of thiazole rings is 1. The van der Waals surface area contributed by atoms with Crippen LogP contribution in [0, 0.1) is 5.92 Å². The Labute approximate surface area is 151 Å². The number of anilines is 1. The highest BCUT2D eigenvalue weighted by atomic mass is 32.1. The summed E-state index contributed by atoms with van der Waals surface area (Å²) in [4.78, 5) is 21.8. The van der Waals surface area contributed by atoms with Gasteiger partial charge in [0.25, 0.3) is 0 Å². The van der Waals surface area contributed by atoms with Gasteiger partial charge in [-0.2, -0.15) is 0 Å². The number of carbonyl (C=O) groups is 1. The van der Waals surface area contributed by atoms with E-state index in [9.17, 15) is 4.79 Å². The van der Waals surface area contributed by atoms with E-state index in [1.54, 1.807) is 18.4 Å². The van der Waals surface area contributed by atoms with Crippen molar-refractivity contribution in [2.45, 2.75) is 12.8 Å². The number of ether oxygens (including phenoxy) is 2. The second-order valence-corrected chi connectivity index (χ2v) is 7.56. The van der Waals surface area contributed by atoms with Crippen molar-refractivity contribution in [2.24, 2.45) is 5.92 Å². The first-order valence-corrected chi connectivity index (χ1v) is 9.62. The predicted molar refractivity (Wildman–Crippen MR) is 98.5 cm³/mol. The van der Waals surface area contributed by atoms with Gasteiger partial charge in [0.1, 0.15) is 5.75 Å². The number of amides is 1. The fraction of sp³-hybridized carbons (Fsp3) is 0.556. The van der Waals surface area contributed by atoms with Crippen molar-refractivity contribution < 1.29 is 14.3 Å². The predicted octanol–water partition coefficient (Wildman–Crippen LogP) is 2.38. The Morgan fingerprint density at radius 2 is 2.16 bits per heavy atom. The van der Waals surface area contributed by atoms with Crippen molar-refractivity contribution in [1.82, 2.24) is 9.88 Å². The lowest BCUT2D eigenvalue weighted by Gasteiger charge is -2.36. The molecule has 134 valence electrons. The average Bonchev–Trinajstić information content (AvgIpc) is 3.11. The van der Waals surface area contributed by atoms with E-state index in [4.69, 9.17) is 14.5 Å². The zero-order valence-corrected chi connectivity index (χ0v) is 15.3. The zero-order valence-electron chi connectivity index (χ0n) is 14.4. The molecule has 25 heavy (non-hydrogen) atoms. The Bertz CT molecular complexity index is 757. The molecule has 0 N–H and O–H groups in total. The average molecular weight is 361 g/mol. The molecule has 0 aliphatic carbocycles. The van der Waals surface area contributed by atoms with Crippen LogP contribution in [0.25, 0.3) is 10.2 Å². The fourth-order valence-corrected chi connectivity index (χ4v) is 4.58. The van der Waals surface area contributed by atoms with E-state index in [0.29, 0.717) is 13.2 Å². The van der Waals surface area contributed by atoms with Crippen LogP contribution in [0.3, 0.4) is 0 Å². The summed E-state index contributed by atoms with van der Waals surface area (Å²) >= 11 is 1.67. The lowest BCUT2D eigenvalue weighted by molar-refractivity contribution is -0.139. The van der Waals surface area contributed by atoms with Crippen LogP contribution in [0.5, 0.6) is 5.75 Å². The summed E-state index contributed by atoms with van der Waals surface area (Å²) in [6, 6.07) is 5.96. The Balaban J connectivity index is 1.49. The first-order chi connectivity index (χ1) is 12.2. The quantitative estimate of drug-likeness (QED) is 0.840. The second-order valence-electron chi connectivity index (χ2n) is 6.55. The number of piperidine rings is 1. The molecular formula is C18H23N3O3S. The lowest BCUT2D eigenvalue weighted by Crippen LogP contribution is -2.48. The number of benzene rings is 1. The van der Waals surface area contributed by atoms with Crippen molar-refractivity contribution in [3.63, 3.8) is 0 Å². The topological polar surface area (TPSA) is 54.9 Å². The highest BCUT2D eigenvalue weighted by Crippen LogP contribution is 2.33. The maximum absolute atomic E-state index is 12.8. The monoisotopic (exact) mass is 361 g/mol. The first kappa shape index (κ1) is 16.6. The van der Waals surface area contributed by atoms with Crippen molar-refractivity contribution in [2.75, 3.05) is 51.4 Å². The highest BCUT2D eigenvalue weighted by molar-refractivity contribution is 7.22. The molecule has 7 heteroatoms. The molecule has 0 radical (unpaired) electrons. The van der Waals surface area contributed by atoms with Gasteiger partial charge in [0.2, 0.25) is 5.91 Å². The van der Waals surface area contributed by atoms with Crippen molar-refractivity contribution >= 4 is 32.6 Å². The van der Waals surface area contributed by atoms with Gasteiger partial charge in [0.15, 0.2) is 5.13 Å². The molecule has 2 fully saturated rings. The van der Waals surface area contributed by atoms with E-state index in [1.165, 1.54) is 0 Å². The first-order valence-electron chi connectivity index (χ1n) is 8.80. The Hall–Kier alpha value is -1.86. The summed E-state index contributed by atoms with van der Waals surface area (Å²) in [5.41, 5.74) is 0.988. The molecule has 2 aromatic rings. The van der Waals surface area contributed by atoms with Crippen molar-refractivity contribution in [3.05, 3.63) is 18.2 Å². The molecule has 3 heterocycles. The molecule has 4 rings (SSSR count). The van der Waals surface area contributed by atoms with Crippen molar-refractivity contribution in [1.29, 1.82) is 0 Å². The number of fused-ring (bicyclic) bond motifs is 1. The summed E-state index contributed by atoms with van der Waals surface area (Å²) in [5.74, 6) is 1.19. The normalized spacial score (nSPS) is 21.6. The summed E-state index contributed by atoms with van der Waals surface area (Å²) < 4.78 is 11.8. The highest BCUT2D eigenvalue weighted by Gasteiger charge is 2.31. The Morgan fingerprint density at radius 1 is 1.32 bits per heavy atom. The van der Waals surface area contributed by atoms with Gasteiger partial charge >= 0.3 is 0 Å². The van der Waals surface area contributed by atoms with Gasteiger partial charge in [0, 0.05) is 26.2 Å². The number of hydrogen-bond donors (Lipinski definition) is 0. The molecule has 1 aromatic carbocycles. The SMILES string of the molecule is COc1ccc2nc(N3CCC[C@@H](C(=O)N4CCOCC4)C3)sc2c1. The van der Waals surface area contributed by atoms with Gasteiger partial charge in [-0.3, -0.25) is 4.79 Å². The molecule has 1 aromatic heterocycles. The Morgan fingerprint density at radius 3 is 2.96 bits per heavy atom. The molecule has 0 unspecified atom stereocenters. The van der Waals surface area contributed by atoms with E-state index in [1.807, 2.05) is 23.1 Å². The summed E-state index contributed by atoms with van der Waals surface area (Å²) in [5, 5.41) is 1.00. The van der Waals surface area contributed by atoms with Crippen LogP contribution < -0.4 is 9.64 Å². The van der Waals surface area contributed by atoms with Gasteiger partial charge in [-0.15, -0.1) is 0 Å². The number of nitrogens with zero attached hydrogens (tertiary/aromatic N) is 3. The molecule has 0 spiro atoms. The summed E-state index contributed by atoms with van der Waals surface area (Å²) in [7, 11) is 1.68. The van der Waals surface area contributed by atoms with Gasteiger partial charge in [-0.25, -0.2) is 4.98 Å². The van der Waals surface area contributed by atoms with Crippen LogP contribution >= 0.6 is 11.3 Å². The van der Waals surface area contributed by atoms with E-state index in [0.717, 1.165) is 60.1 Å². The maximum Gasteiger partial charge on any atom is 0.227 e. The lowest BCUT2D eigenvalue weighted by atomic mass is 9.96. The molecule has 2 aliphatic heterocycles. The smallest absolute Gasteiger partial charge is 0.227 e.